The average Bonchev–Trinajstić information content (AvgIpc) is 3.10. The third-order valence-corrected chi connectivity index (χ3v) is 5.21. The van der Waals surface area contributed by atoms with Crippen molar-refractivity contribution in [1.29, 1.82) is 0 Å². The van der Waals surface area contributed by atoms with Crippen LogP contribution in [0.1, 0.15) is 31.2 Å². The second-order valence-corrected chi connectivity index (χ2v) is 7.07. The van der Waals surface area contributed by atoms with E-state index >= 15 is 0 Å². The van der Waals surface area contributed by atoms with Crippen molar-refractivity contribution >= 4 is 23.6 Å². The van der Waals surface area contributed by atoms with Crippen molar-refractivity contribution in [3.8, 4) is 0 Å². The smallest absolute Gasteiger partial charge is 0.284 e. The number of hydrogen-bond donors (Lipinski definition) is 2. The van der Waals surface area contributed by atoms with Gasteiger partial charge in [-0.2, -0.15) is 0 Å². The molecule has 0 aromatic heterocycles. The molecule has 1 heterocycles. The van der Waals surface area contributed by atoms with E-state index in [0.717, 1.165) is 31.5 Å². The number of carbonyl (C=O) groups is 1. The maximum absolute atomic E-state index is 12.9. The number of amides is 1. The lowest BCUT2D eigenvalue weighted by Gasteiger charge is -2.31. The summed E-state index contributed by atoms with van der Waals surface area (Å²) in [6.07, 6.45) is 6.48. The number of ether oxygens (including phenoxy) is 1. The van der Waals surface area contributed by atoms with Gasteiger partial charge in [0.05, 0.1) is 18.2 Å². The molecule has 1 aromatic rings. The standard InChI is InChI=1S/C19H25ClN2O2/c20-17(14-15-6-2-1-3-7-15)18(22-10-12-24-13-11-22)19(23)21-16-8-4-5-9-16/h1-3,6-7,14,16,18H,4-5,8-13H2,(H,21,23)/p+1/b17-14-/t18-/m1/s1. The Morgan fingerprint density at radius 3 is 2.54 bits per heavy atom. The van der Waals surface area contributed by atoms with Crippen molar-refractivity contribution in [2.75, 3.05) is 26.3 Å². The summed E-state index contributed by atoms with van der Waals surface area (Å²) in [5.74, 6) is 0.0518. The number of carbonyl (C=O) groups excluding carboxylic acids is 1. The minimum absolute atomic E-state index is 0.0518. The van der Waals surface area contributed by atoms with E-state index in [-0.39, 0.29) is 11.9 Å². The first kappa shape index (κ1) is 17.5. The van der Waals surface area contributed by atoms with E-state index in [1.54, 1.807) is 0 Å². The SMILES string of the molecule is O=C(NC1CCCC1)[C@@H](/C(Cl)=C/c1ccccc1)[NH+]1CCOCC1. The van der Waals surface area contributed by atoms with Gasteiger partial charge >= 0.3 is 0 Å². The number of rotatable bonds is 5. The lowest BCUT2D eigenvalue weighted by Crippen LogP contribution is -3.19. The number of morpholine rings is 1. The van der Waals surface area contributed by atoms with Crippen LogP contribution in [0.2, 0.25) is 0 Å². The highest BCUT2D eigenvalue weighted by atomic mass is 35.5. The predicted molar refractivity (Wildman–Crippen MR) is 96.0 cm³/mol. The van der Waals surface area contributed by atoms with Crippen molar-refractivity contribution in [3.05, 3.63) is 40.9 Å². The van der Waals surface area contributed by atoms with E-state index in [9.17, 15) is 4.79 Å². The molecule has 1 atom stereocenters. The fraction of sp³-hybridized carbons (Fsp3) is 0.526. The minimum Gasteiger partial charge on any atom is -0.370 e. The molecular formula is C19H26ClN2O2+. The fourth-order valence-corrected chi connectivity index (χ4v) is 3.95. The fourth-order valence-electron chi connectivity index (χ4n) is 3.57. The zero-order chi connectivity index (χ0) is 16.8. The van der Waals surface area contributed by atoms with Crippen LogP contribution in [0, 0.1) is 0 Å². The molecule has 1 aliphatic carbocycles. The van der Waals surface area contributed by atoms with Crippen LogP contribution in [0.4, 0.5) is 0 Å². The van der Waals surface area contributed by atoms with Crippen LogP contribution < -0.4 is 10.2 Å². The summed E-state index contributed by atoms with van der Waals surface area (Å²) in [5.41, 5.74) is 1.02. The number of halogens is 1. The minimum atomic E-state index is -0.351. The van der Waals surface area contributed by atoms with Crippen molar-refractivity contribution in [2.45, 2.75) is 37.8 Å². The van der Waals surface area contributed by atoms with Crippen molar-refractivity contribution in [3.63, 3.8) is 0 Å². The Morgan fingerprint density at radius 2 is 1.88 bits per heavy atom. The first-order valence-corrected chi connectivity index (χ1v) is 9.26. The predicted octanol–water partition coefficient (Wildman–Crippen LogP) is 1.61. The van der Waals surface area contributed by atoms with Gasteiger partial charge in [-0.25, -0.2) is 0 Å². The molecule has 2 N–H and O–H groups in total. The summed E-state index contributed by atoms with van der Waals surface area (Å²) in [7, 11) is 0. The Morgan fingerprint density at radius 1 is 1.21 bits per heavy atom. The summed E-state index contributed by atoms with van der Waals surface area (Å²) in [5, 5.41) is 3.82. The summed E-state index contributed by atoms with van der Waals surface area (Å²) in [6.45, 7) is 2.97. The van der Waals surface area contributed by atoms with Gasteiger partial charge in [-0.05, 0) is 24.5 Å². The van der Waals surface area contributed by atoms with E-state index in [0.29, 0.717) is 24.3 Å². The quantitative estimate of drug-likeness (QED) is 0.848. The number of hydrogen-bond acceptors (Lipinski definition) is 2. The van der Waals surface area contributed by atoms with Crippen molar-refractivity contribution < 1.29 is 14.4 Å². The van der Waals surface area contributed by atoms with Gasteiger partial charge in [0, 0.05) is 6.04 Å². The number of benzene rings is 1. The second kappa shape index (κ2) is 8.65. The largest absolute Gasteiger partial charge is 0.370 e. The lowest BCUT2D eigenvalue weighted by atomic mass is 10.1. The molecule has 0 spiro atoms. The van der Waals surface area contributed by atoms with Gasteiger partial charge < -0.3 is 15.0 Å². The summed E-state index contributed by atoms with van der Waals surface area (Å²) < 4.78 is 5.45. The van der Waals surface area contributed by atoms with Crippen LogP contribution in [0.3, 0.4) is 0 Å². The molecule has 1 aliphatic heterocycles. The van der Waals surface area contributed by atoms with Gasteiger partial charge in [0.2, 0.25) is 6.04 Å². The highest BCUT2D eigenvalue weighted by Gasteiger charge is 2.35. The van der Waals surface area contributed by atoms with Gasteiger partial charge in [-0.15, -0.1) is 0 Å². The molecule has 0 bridgehead atoms. The molecule has 24 heavy (non-hydrogen) atoms. The summed E-state index contributed by atoms with van der Waals surface area (Å²) in [6, 6.07) is 9.89. The first-order valence-electron chi connectivity index (χ1n) is 8.89. The number of quaternary nitrogens is 1. The normalized spacial score (nSPS) is 21.6. The summed E-state index contributed by atoms with van der Waals surface area (Å²) >= 11 is 6.63. The lowest BCUT2D eigenvalue weighted by molar-refractivity contribution is -0.917. The van der Waals surface area contributed by atoms with E-state index < -0.39 is 0 Å². The van der Waals surface area contributed by atoms with Crippen molar-refractivity contribution in [2.24, 2.45) is 0 Å². The third kappa shape index (κ3) is 4.59. The van der Waals surface area contributed by atoms with Gasteiger partial charge in [-0.3, -0.25) is 4.79 Å². The molecule has 2 aliphatic rings. The molecule has 1 amide bonds. The molecule has 1 aromatic carbocycles. The second-order valence-electron chi connectivity index (χ2n) is 6.63. The molecule has 2 fully saturated rings. The van der Waals surface area contributed by atoms with Crippen LogP contribution in [0.15, 0.2) is 35.4 Å². The average molecular weight is 350 g/mol. The zero-order valence-electron chi connectivity index (χ0n) is 14.0. The van der Waals surface area contributed by atoms with Crippen molar-refractivity contribution in [1.82, 2.24) is 5.32 Å². The van der Waals surface area contributed by atoms with Crippen LogP contribution in [0.25, 0.3) is 6.08 Å². The Kier molecular flexibility index (Phi) is 6.30. The highest BCUT2D eigenvalue weighted by Crippen LogP contribution is 2.19. The first-order chi connectivity index (χ1) is 11.7. The zero-order valence-corrected chi connectivity index (χ0v) is 14.7. The third-order valence-electron chi connectivity index (χ3n) is 4.89. The summed E-state index contributed by atoms with van der Waals surface area (Å²) in [4.78, 5) is 14.1. The van der Waals surface area contributed by atoms with E-state index in [4.69, 9.17) is 16.3 Å². The van der Waals surface area contributed by atoms with E-state index in [2.05, 4.69) is 5.32 Å². The van der Waals surface area contributed by atoms with Crippen LogP contribution >= 0.6 is 11.6 Å². The number of nitrogens with one attached hydrogen (secondary N) is 2. The van der Waals surface area contributed by atoms with Gasteiger partial charge in [0.1, 0.15) is 13.1 Å². The van der Waals surface area contributed by atoms with Crippen LogP contribution in [-0.4, -0.2) is 44.3 Å². The Bertz CT molecular complexity index is 564. The Labute approximate surface area is 148 Å². The Balaban J connectivity index is 1.77. The van der Waals surface area contributed by atoms with Gasteiger partial charge in [0.15, 0.2) is 0 Å². The van der Waals surface area contributed by atoms with Gasteiger partial charge in [0.25, 0.3) is 5.91 Å². The van der Waals surface area contributed by atoms with E-state index in [1.165, 1.54) is 17.7 Å². The van der Waals surface area contributed by atoms with Gasteiger partial charge in [-0.1, -0.05) is 54.8 Å². The molecule has 0 unspecified atom stereocenters. The monoisotopic (exact) mass is 349 g/mol. The molecule has 1 saturated carbocycles. The van der Waals surface area contributed by atoms with Crippen LogP contribution in [0.5, 0.6) is 0 Å². The topological polar surface area (TPSA) is 42.8 Å². The molecule has 4 nitrogen and oxygen atoms in total. The molecule has 5 heteroatoms. The maximum Gasteiger partial charge on any atom is 0.284 e. The molecular weight excluding hydrogens is 324 g/mol. The molecule has 130 valence electrons. The Hall–Kier alpha value is -1.36. The molecule has 0 radical (unpaired) electrons. The van der Waals surface area contributed by atoms with E-state index in [1.807, 2.05) is 36.4 Å². The maximum atomic E-state index is 12.9. The highest BCUT2D eigenvalue weighted by molar-refractivity contribution is 6.33. The molecule has 1 saturated heterocycles. The van der Waals surface area contributed by atoms with Crippen LogP contribution in [-0.2, 0) is 9.53 Å². The molecule has 3 rings (SSSR count).